The maximum atomic E-state index is 13.6. The molecule has 0 bridgehead atoms. The van der Waals surface area contributed by atoms with Crippen molar-refractivity contribution in [2.24, 2.45) is 0 Å². The van der Waals surface area contributed by atoms with E-state index >= 15 is 0 Å². The highest BCUT2D eigenvalue weighted by Gasteiger charge is 2.44. The predicted octanol–water partition coefficient (Wildman–Crippen LogP) is 5.04. The Morgan fingerprint density at radius 2 is 1.84 bits per heavy atom. The van der Waals surface area contributed by atoms with Crippen molar-refractivity contribution in [2.75, 3.05) is 11.5 Å². The van der Waals surface area contributed by atoms with Crippen molar-refractivity contribution in [3.8, 4) is 5.75 Å². The van der Waals surface area contributed by atoms with Crippen LogP contribution in [0.5, 0.6) is 5.75 Å². The van der Waals surface area contributed by atoms with Crippen molar-refractivity contribution >= 4 is 22.7 Å². The van der Waals surface area contributed by atoms with Crippen molar-refractivity contribution in [2.45, 2.75) is 26.3 Å². The molecule has 0 aliphatic carbocycles. The molecule has 4 aromatic rings. The van der Waals surface area contributed by atoms with E-state index in [-0.39, 0.29) is 17.1 Å². The number of fused-ring (bicyclic) bond motifs is 2. The Bertz CT molecular complexity index is 1390. The highest BCUT2D eigenvalue weighted by molar-refractivity contribution is 6.10. The third kappa shape index (κ3) is 3.24. The fourth-order valence-corrected chi connectivity index (χ4v) is 4.13. The average Bonchev–Trinajstić information content (AvgIpc) is 3.10. The Morgan fingerprint density at radius 1 is 1.03 bits per heavy atom. The summed E-state index contributed by atoms with van der Waals surface area (Å²) in [5.74, 6) is 0.829. The number of ether oxygens (including phenoxy) is 1. The van der Waals surface area contributed by atoms with E-state index in [4.69, 9.17) is 9.15 Å². The van der Waals surface area contributed by atoms with E-state index in [1.54, 1.807) is 35.2 Å². The van der Waals surface area contributed by atoms with E-state index in [9.17, 15) is 9.59 Å². The molecule has 1 amide bonds. The largest absolute Gasteiger partial charge is 0.494 e. The van der Waals surface area contributed by atoms with E-state index in [0.29, 0.717) is 34.7 Å². The van der Waals surface area contributed by atoms with Crippen LogP contribution in [-0.4, -0.2) is 17.5 Å². The first-order chi connectivity index (χ1) is 15.6. The minimum Gasteiger partial charge on any atom is -0.494 e. The molecule has 6 heteroatoms. The van der Waals surface area contributed by atoms with Gasteiger partial charge in [0.15, 0.2) is 5.43 Å². The summed E-state index contributed by atoms with van der Waals surface area (Å²) in [6.07, 6.45) is 0.879. The third-order valence-corrected chi connectivity index (χ3v) is 5.54. The average molecular weight is 426 g/mol. The molecule has 3 heterocycles. The number of hydrogen-bond acceptors (Lipinski definition) is 5. The number of pyridine rings is 1. The summed E-state index contributed by atoms with van der Waals surface area (Å²) in [7, 11) is 0. The molecule has 0 spiro atoms. The Kier molecular flexibility index (Phi) is 4.98. The topological polar surface area (TPSA) is 72.6 Å². The molecule has 32 heavy (non-hydrogen) atoms. The molecule has 0 N–H and O–H groups in total. The van der Waals surface area contributed by atoms with Crippen LogP contribution in [0.3, 0.4) is 0 Å². The molecule has 0 saturated carbocycles. The van der Waals surface area contributed by atoms with E-state index in [0.717, 1.165) is 17.7 Å². The number of carbonyl (C=O) groups is 1. The second-order valence-electron chi connectivity index (χ2n) is 7.81. The van der Waals surface area contributed by atoms with Crippen molar-refractivity contribution in [1.82, 2.24) is 4.98 Å². The van der Waals surface area contributed by atoms with Gasteiger partial charge in [-0.2, -0.15) is 0 Å². The summed E-state index contributed by atoms with van der Waals surface area (Å²) in [4.78, 5) is 33.2. The highest BCUT2D eigenvalue weighted by Crippen LogP contribution is 2.41. The zero-order valence-electron chi connectivity index (χ0n) is 17.9. The minimum atomic E-state index is -0.669. The van der Waals surface area contributed by atoms with Gasteiger partial charge in [-0.25, -0.2) is 4.98 Å². The number of aromatic nitrogens is 1. The molecule has 1 aliphatic heterocycles. The number of carbonyl (C=O) groups excluding carboxylic acids is 1. The van der Waals surface area contributed by atoms with Crippen LogP contribution in [0.15, 0.2) is 75.9 Å². The zero-order chi connectivity index (χ0) is 22.2. The number of nitrogens with zero attached hydrogens (tertiary/aromatic N) is 2. The second kappa shape index (κ2) is 7.96. The van der Waals surface area contributed by atoms with Gasteiger partial charge < -0.3 is 9.15 Å². The van der Waals surface area contributed by atoms with Gasteiger partial charge in [0.25, 0.3) is 5.91 Å². The van der Waals surface area contributed by atoms with Gasteiger partial charge >= 0.3 is 0 Å². The van der Waals surface area contributed by atoms with Crippen LogP contribution in [0.25, 0.3) is 11.0 Å². The summed E-state index contributed by atoms with van der Waals surface area (Å²) in [6, 6.07) is 19.3. The Balaban J connectivity index is 1.76. The maximum absolute atomic E-state index is 13.6. The van der Waals surface area contributed by atoms with Crippen molar-refractivity contribution in [3.63, 3.8) is 0 Å². The molecule has 0 fully saturated rings. The number of rotatable bonds is 5. The number of anilines is 1. The SMILES string of the molecule is CCCOc1cccc([C@H]2c3c(oc4ccccc4c3=O)C(=O)N2c2cccc(C)n2)c1. The number of para-hydroxylation sites is 1. The quantitative estimate of drug-likeness (QED) is 0.447. The van der Waals surface area contributed by atoms with Gasteiger partial charge in [-0.1, -0.05) is 37.3 Å². The maximum Gasteiger partial charge on any atom is 0.296 e. The molecular weight excluding hydrogens is 404 g/mol. The van der Waals surface area contributed by atoms with Crippen LogP contribution in [0.1, 0.15) is 46.8 Å². The predicted molar refractivity (Wildman–Crippen MR) is 122 cm³/mol. The second-order valence-corrected chi connectivity index (χ2v) is 7.81. The monoisotopic (exact) mass is 426 g/mol. The van der Waals surface area contributed by atoms with Crippen molar-refractivity contribution in [3.05, 3.63) is 99.5 Å². The van der Waals surface area contributed by atoms with E-state index in [1.807, 2.05) is 50.2 Å². The van der Waals surface area contributed by atoms with Crippen LogP contribution in [0.2, 0.25) is 0 Å². The summed E-state index contributed by atoms with van der Waals surface area (Å²) in [5.41, 5.74) is 2.04. The minimum absolute atomic E-state index is 0.0573. The molecular formula is C26H22N2O4. The van der Waals surface area contributed by atoms with Crippen LogP contribution in [0.4, 0.5) is 5.82 Å². The molecule has 160 valence electrons. The fourth-order valence-electron chi connectivity index (χ4n) is 4.13. The van der Waals surface area contributed by atoms with E-state index in [1.165, 1.54) is 0 Å². The Morgan fingerprint density at radius 3 is 2.66 bits per heavy atom. The molecule has 2 aromatic heterocycles. The van der Waals surface area contributed by atoms with Gasteiger partial charge in [-0.05, 0) is 55.3 Å². The Hall–Kier alpha value is -3.93. The summed E-state index contributed by atoms with van der Waals surface area (Å²) < 4.78 is 11.8. The normalized spacial score (nSPS) is 15.2. The first kappa shape index (κ1) is 20.0. The van der Waals surface area contributed by atoms with Crippen LogP contribution in [-0.2, 0) is 0 Å². The molecule has 5 rings (SSSR count). The van der Waals surface area contributed by atoms with Crippen LogP contribution >= 0.6 is 0 Å². The molecule has 2 aromatic carbocycles. The zero-order valence-corrected chi connectivity index (χ0v) is 17.9. The van der Waals surface area contributed by atoms with Crippen LogP contribution in [0, 0.1) is 6.92 Å². The first-order valence-electron chi connectivity index (χ1n) is 10.6. The highest BCUT2D eigenvalue weighted by atomic mass is 16.5. The molecule has 0 radical (unpaired) electrons. The van der Waals surface area contributed by atoms with Crippen molar-refractivity contribution < 1.29 is 13.9 Å². The van der Waals surface area contributed by atoms with Crippen molar-refractivity contribution in [1.29, 1.82) is 0 Å². The summed E-state index contributed by atoms with van der Waals surface area (Å²) in [5, 5.41) is 0.446. The summed E-state index contributed by atoms with van der Waals surface area (Å²) in [6.45, 7) is 4.49. The van der Waals surface area contributed by atoms with Gasteiger partial charge in [0.1, 0.15) is 17.2 Å². The number of hydrogen-bond donors (Lipinski definition) is 0. The smallest absolute Gasteiger partial charge is 0.296 e. The standard InChI is InChI=1S/C26H22N2O4/c1-3-14-31-18-10-7-9-17(15-18)23-22-24(29)19-11-4-5-12-20(19)32-25(22)26(30)28(23)21-13-6-8-16(2)27-21/h4-13,15,23H,3,14H2,1-2H3/t23-/m0/s1. The number of benzene rings is 2. The molecule has 6 nitrogen and oxygen atoms in total. The molecule has 1 aliphatic rings. The number of amides is 1. The molecule has 0 saturated heterocycles. The van der Waals surface area contributed by atoms with E-state index < -0.39 is 6.04 Å². The third-order valence-electron chi connectivity index (χ3n) is 5.54. The van der Waals surface area contributed by atoms with Gasteiger partial charge in [-0.3, -0.25) is 14.5 Å². The van der Waals surface area contributed by atoms with Gasteiger partial charge in [0, 0.05) is 5.69 Å². The number of aryl methyl sites for hydroxylation is 1. The summed E-state index contributed by atoms with van der Waals surface area (Å²) >= 11 is 0. The fraction of sp³-hybridized carbons (Fsp3) is 0.192. The lowest BCUT2D eigenvalue weighted by molar-refractivity contribution is 0.0970. The lowest BCUT2D eigenvalue weighted by Crippen LogP contribution is -2.30. The van der Waals surface area contributed by atoms with Gasteiger partial charge in [0.05, 0.1) is 23.6 Å². The van der Waals surface area contributed by atoms with Gasteiger partial charge in [-0.15, -0.1) is 0 Å². The van der Waals surface area contributed by atoms with E-state index in [2.05, 4.69) is 4.98 Å². The lowest BCUT2D eigenvalue weighted by Gasteiger charge is -2.24. The molecule has 1 atom stereocenters. The lowest BCUT2D eigenvalue weighted by atomic mass is 9.98. The molecule has 0 unspecified atom stereocenters. The first-order valence-corrected chi connectivity index (χ1v) is 10.6. The van der Waals surface area contributed by atoms with Crippen LogP contribution < -0.4 is 15.1 Å². The van der Waals surface area contributed by atoms with Gasteiger partial charge in [0.2, 0.25) is 5.76 Å². The Labute approximate surface area is 185 Å².